The van der Waals surface area contributed by atoms with Crippen molar-refractivity contribution in [3.8, 4) is 0 Å². The highest BCUT2D eigenvalue weighted by atomic mass is 32.1. The largest absolute Gasteiger partial charge is 0.394 e. The van der Waals surface area contributed by atoms with Gasteiger partial charge in [0, 0.05) is 25.2 Å². The summed E-state index contributed by atoms with van der Waals surface area (Å²) in [5, 5.41) is 9.94. The van der Waals surface area contributed by atoms with Gasteiger partial charge >= 0.3 is 0 Å². The second kappa shape index (κ2) is 3.61. The molecule has 1 aromatic rings. The third-order valence-corrected chi connectivity index (χ3v) is 3.21. The van der Waals surface area contributed by atoms with Gasteiger partial charge in [0.05, 0.1) is 12.1 Å². The summed E-state index contributed by atoms with van der Waals surface area (Å²) in [4.78, 5) is 7.00. The standard InChI is InChI=1S/C8H15N3OS/c1-8(9,5-12)6-4-10-7(13-6)11(2)3/h4,12H,5,9H2,1-3H3. The molecule has 0 aliphatic heterocycles. The van der Waals surface area contributed by atoms with E-state index in [1.165, 1.54) is 11.3 Å². The molecule has 0 spiro atoms. The number of rotatable bonds is 3. The molecule has 4 nitrogen and oxygen atoms in total. The molecule has 0 aliphatic carbocycles. The molecule has 0 saturated carbocycles. The van der Waals surface area contributed by atoms with Crippen LogP contribution in [0.1, 0.15) is 11.8 Å². The molecule has 5 heteroatoms. The van der Waals surface area contributed by atoms with Crippen LogP contribution >= 0.6 is 11.3 Å². The van der Waals surface area contributed by atoms with Crippen molar-refractivity contribution in [1.82, 2.24) is 4.98 Å². The van der Waals surface area contributed by atoms with Crippen molar-refractivity contribution in [3.63, 3.8) is 0 Å². The second-order valence-electron chi connectivity index (χ2n) is 3.48. The SMILES string of the molecule is CN(C)c1ncc(C(C)(N)CO)s1. The minimum absolute atomic E-state index is 0.0674. The van der Waals surface area contributed by atoms with Crippen LogP contribution in [0.5, 0.6) is 0 Å². The van der Waals surface area contributed by atoms with Crippen LogP contribution in [0.4, 0.5) is 5.13 Å². The number of nitrogens with two attached hydrogens (primary N) is 1. The number of aliphatic hydroxyl groups excluding tert-OH is 1. The van der Waals surface area contributed by atoms with Crippen LogP contribution in [0.2, 0.25) is 0 Å². The van der Waals surface area contributed by atoms with Crippen molar-refractivity contribution in [1.29, 1.82) is 0 Å². The molecule has 3 N–H and O–H groups in total. The predicted octanol–water partition coefficient (Wildman–Crippen LogP) is 0.375. The highest BCUT2D eigenvalue weighted by molar-refractivity contribution is 7.15. The van der Waals surface area contributed by atoms with E-state index in [-0.39, 0.29) is 6.61 Å². The Hall–Kier alpha value is -0.650. The van der Waals surface area contributed by atoms with Gasteiger partial charge in [0.1, 0.15) is 0 Å². The molecule has 13 heavy (non-hydrogen) atoms. The van der Waals surface area contributed by atoms with E-state index < -0.39 is 5.54 Å². The summed E-state index contributed by atoms with van der Waals surface area (Å²) in [7, 11) is 3.85. The summed E-state index contributed by atoms with van der Waals surface area (Å²) in [5.74, 6) is 0. The Kier molecular flexibility index (Phi) is 2.90. The molecule has 0 radical (unpaired) electrons. The van der Waals surface area contributed by atoms with Crippen molar-refractivity contribution >= 4 is 16.5 Å². The van der Waals surface area contributed by atoms with Crippen LogP contribution in [0.25, 0.3) is 0 Å². The lowest BCUT2D eigenvalue weighted by Gasteiger charge is -2.18. The average molecular weight is 201 g/mol. The Balaban J connectivity index is 2.91. The van der Waals surface area contributed by atoms with Gasteiger partial charge in [-0.05, 0) is 6.92 Å². The third kappa shape index (κ3) is 2.18. The smallest absolute Gasteiger partial charge is 0.185 e. The van der Waals surface area contributed by atoms with Gasteiger partial charge in [0.2, 0.25) is 0 Å². The Bertz CT molecular complexity index is 283. The molecular formula is C8H15N3OS. The number of anilines is 1. The summed E-state index contributed by atoms with van der Waals surface area (Å²) in [6, 6.07) is 0. The molecule has 74 valence electrons. The molecule has 1 rings (SSSR count). The van der Waals surface area contributed by atoms with Crippen LogP contribution in [0.15, 0.2) is 6.20 Å². The second-order valence-corrected chi connectivity index (χ2v) is 4.49. The van der Waals surface area contributed by atoms with Gasteiger partial charge in [-0.1, -0.05) is 11.3 Å². The number of thiazole rings is 1. The summed E-state index contributed by atoms with van der Waals surface area (Å²) in [6.45, 7) is 1.72. The molecule has 0 saturated heterocycles. The van der Waals surface area contributed by atoms with Gasteiger partial charge in [0.15, 0.2) is 5.13 Å². The fourth-order valence-electron chi connectivity index (χ4n) is 0.814. The first-order valence-electron chi connectivity index (χ1n) is 4.01. The maximum atomic E-state index is 9.04. The number of nitrogens with zero attached hydrogens (tertiary/aromatic N) is 2. The maximum absolute atomic E-state index is 9.04. The highest BCUT2D eigenvalue weighted by Crippen LogP contribution is 2.27. The van der Waals surface area contributed by atoms with Gasteiger partial charge in [-0.15, -0.1) is 0 Å². The van der Waals surface area contributed by atoms with E-state index in [0.29, 0.717) is 0 Å². The lowest BCUT2D eigenvalue weighted by Crippen LogP contribution is -2.35. The van der Waals surface area contributed by atoms with Crippen LogP contribution in [0, 0.1) is 0 Å². The van der Waals surface area contributed by atoms with Crippen LogP contribution in [0.3, 0.4) is 0 Å². The van der Waals surface area contributed by atoms with E-state index >= 15 is 0 Å². The minimum Gasteiger partial charge on any atom is -0.394 e. The molecule has 1 unspecified atom stereocenters. The molecule has 0 amide bonds. The maximum Gasteiger partial charge on any atom is 0.185 e. The zero-order valence-electron chi connectivity index (χ0n) is 8.11. The third-order valence-electron chi connectivity index (χ3n) is 1.77. The van der Waals surface area contributed by atoms with Crippen LogP contribution in [-0.2, 0) is 5.54 Å². The van der Waals surface area contributed by atoms with E-state index in [9.17, 15) is 0 Å². The number of hydrogen-bond donors (Lipinski definition) is 2. The van der Waals surface area contributed by atoms with E-state index in [0.717, 1.165) is 10.0 Å². The predicted molar refractivity (Wildman–Crippen MR) is 55.1 cm³/mol. The highest BCUT2D eigenvalue weighted by Gasteiger charge is 2.23. The first-order valence-corrected chi connectivity index (χ1v) is 4.82. The lowest BCUT2D eigenvalue weighted by atomic mass is 10.1. The molecule has 0 aliphatic rings. The Morgan fingerprint density at radius 1 is 1.69 bits per heavy atom. The first-order chi connectivity index (χ1) is 5.97. The van der Waals surface area contributed by atoms with E-state index in [4.69, 9.17) is 10.8 Å². The van der Waals surface area contributed by atoms with Gasteiger partial charge in [0.25, 0.3) is 0 Å². The monoisotopic (exact) mass is 201 g/mol. The van der Waals surface area contributed by atoms with Gasteiger partial charge in [-0.25, -0.2) is 4.98 Å². The van der Waals surface area contributed by atoms with Crippen molar-refractivity contribution in [2.75, 3.05) is 25.6 Å². The summed E-state index contributed by atoms with van der Waals surface area (Å²) in [6.07, 6.45) is 1.72. The van der Waals surface area contributed by atoms with Crippen LogP contribution in [-0.4, -0.2) is 30.8 Å². The van der Waals surface area contributed by atoms with Crippen LogP contribution < -0.4 is 10.6 Å². The molecule has 0 bridgehead atoms. The van der Waals surface area contributed by atoms with E-state index in [1.807, 2.05) is 19.0 Å². The summed E-state index contributed by atoms with van der Waals surface area (Å²) in [5.41, 5.74) is 5.18. The summed E-state index contributed by atoms with van der Waals surface area (Å²) >= 11 is 1.50. The van der Waals surface area contributed by atoms with Gasteiger partial charge in [-0.2, -0.15) is 0 Å². The zero-order valence-corrected chi connectivity index (χ0v) is 8.93. The van der Waals surface area contributed by atoms with E-state index in [1.54, 1.807) is 13.1 Å². The fourth-order valence-corrected chi connectivity index (χ4v) is 1.70. The topological polar surface area (TPSA) is 62.4 Å². The van der Waals surface area contributed by atoms with Crippen molar-refractivity contribution in [3.05, 3.63) is 11.1 Å². The van der Waals surface area contributed by atoms with Gasteiger partial charge < -0.3 is 15.7 Å². The number of aromatic nitrogens is 1. The van der Waals surface area contributed by atoms with Crippen molar-refractivity contribution in [2.24, 2.45) is 5.73 Å². The molecule has 0 fully saturated rings. The number of aliphatic hydroxyl groups is 1. The Morgan fingerprint density at radius 3 is 2.69 bits per heavy atom. The fraction of sp³-hybridized carbons (Fsp3) is 0.625. The lowest BCUT2D eigenvalue weighted by molar-refractivity contribution is 0.212. The van der Waals surface area contributed by atoms with E-state index in [2.05, 4.69) is 4.98 Å². The Morgan fingerprint density at radius 2 is 2.31 bits per heavy atom. The zero-order chi connectivity index (χ0) is 10.1. The van der Waals surface area contributed by atoms with Crippen molar-refractivity contribution < 1.29 is 5.11 Å². The Labute approximate surface area is 82.0 Å². The molecule has 0 aromatic carbocycles. The molecule has 1 heterocycles. The molecule has 1 aromatic heterocycles. The first kappa shape index (κ1) is 10.4. The minimum atomic E-state index is -0.675. The summed E-state index contributed by atoms with van der Waals surface area (Å²) < 4.78 is 0. The van der Waals surface area contributed by atoms with Crippen molar-refractivity contribution in [2.45, 2.75) is 12.5 Å². The number of hydrogen-bond acceptors (Lipinski definition) is 5. The van der Waals surface area contributed by atoms with Gasteiger partial charge in [-0.3, -0.25) is 0 Å². The molecule has 1 atom stereocenters. The average Bonchev–Trinajstić information content (AvgIpc) is 2.52. The normalized spacial score (nSPS) is 15.5. The quantitative estimate of drug-likeness (QED) is 0.742. The molecular weight excluding hydrogens is 186 g/mol.